The summed E-state index contributed by atoms with van der Waals surface area (Å²) in [4.78, 5) is 5.50. The number of benzene rings is 3. The summed E-state index contributed by atoms with van der Waals surface area (Å²) in [6, 6.07) is 33.4. The van der Waals surface area contributed by atoms with Crippen LogP contribution in [0, 0.1) is 49.6 Å². The Morgan fingerprint density at radius 2 is 1.25 bits per heavy atom. The van der Waals surface area contributed by atoms with Gasteiger partial charge in [0.05, 0.1) is 0 Å². The fourth-order valence-corrected chi connectivity index (χ4v) is 9.94. The van der Waals surface area contributed by atoms with Crippen LogP contribution in [0.1, 0.15) is 103 Å². The van der Waals surface area contributed by atoms with Gasteiger partial charge < -0.3 is 17.2 Å². The van der Waals surface area contributed by atoms with Gasteiger partial charge in [-0.2, -0.15) is 6.67 Å². The molecule has 0 bridgehead atoms. The molecule has 0 amide bonds. The van der Waals surface area contributed by atoms with Gasteiger partial charge in [0.25, 0.3) is 0 Å². The van der Waals surface area contributed by atoms with Crippen LogP contribution in [0.2, 0.25) is 0 Å². The molecule has 2 unspecified atom stereocenters. The van der Waals surface area contributed by atoms with Gasteiger partial charge >= 0.3 is 73.4 Å². The van der Waals surface area contributed by atoms with Crippen LogP contribution < -0.4 is 0 Å². The first-order chi connectivity index (χ1) is 24.5. The van der Waals surface area contributed by atoms with Gasteiger partial charge in [0, 0.05) is 24.0 Å². The first-order valence-electron chi connectivity index (χ1n) is 19.0. The van der Waals surface area contributed by atoms with E-state index in [0.29, 0.717) is 41.5 Å². The summed E-state index contributed by atoms with van der Waals surface area (Å²) in [5.41, 5.74) is 8.52. The summed E-state index contributed by atoms with van der Waals surface area (Å²) in [7, 11) is 11.3. The topological polar surface area (TPSA) is 6.48 Å². The maximum atomic E-state index is 5.67. The molecule has 3 aromatic rings. The number of allylic oxidation sites excluding steroid dienone is 5. The zero-order valence-electron chi connectivity index (χ0n) is 32.9. The number of hydrogen-bond acceptors (Lipinski definition) is 2. The predicted octanol–water partition coefficient (Wildman–Crippen LogP) is 13.6. The van der Waals surface area contributed by atoms with Gasteiger partial charge in [0.15, 0.2) is 0 Å². The zero-order chi connectivity index (χ0) is 36.7. The molecular formula is C47H62Cl2N2Ru-2. The van der Waals surface area contributed by atoms with E-state index in [1.165, 1.54) is 35.2 Å². The third-order valence-electron chi connectivity index (χ3n) is 11.1. The van der Waals surface area contributed by atoms with Crippen molar-refractivity contribution in [2.45, 2.75) is 92.8 Å². The molecule has 5 heteroatoms. The second-order valence-electron chi connectivity index (χ2n) is 15.8. The molecule has 0 aromatic heterocycles. The van der Waals surface area contributed by atoms with Crippen LogP contribution in [-0.4, -0.2) is 20.5 Å². The first kappa shape index (κ1) is 42.5. The number of halogens is 2. The van der Waals surface area contributed by atoms with Crippen LogP contribution in [-0.2, 0) is 13.5 Å². The van der Waals surface area contributed by atoms with Gasteiger partial charge in [-0.15, -0.1) is 0 Å². The van der Waals surface area contributed by atoms with Gasteiger partial charge in [-0.1, -0.05) is 134 Å². The average Bonchev–Trinajstić information content (AvgIpc) is 3.52. The Balaban J connectivity index is 0.000000476. The molecule has 1 heterocycles. The Kier molecular flexibility index (Phi) is 16.2. The molecule has 284 valence electrons. The van der Waals surface area contributed by atoms with Crippen molar-refractivity contribution >= 4 is 24.0 Å². The Morgan fingerprint density at radius 1 is 0.692 bits per heavy atom. The molecule has 1 fully saturated rings. The number of nitrogens with zero attached hydrogens (tertiary/aromatic N) is 2. The Labute approximate surface area is 330 Å². The molecule has 2 nitrogen and oxygen atoms in total. The van der Waals surface area contributed by atoms with Crippen molar-refractivity contribution in [2.24, 2.45) is 35.5 Å². The van der Waals surface area contributed by atoms with Crippen LogP contribution in [0.25, 0.3) is 0 Å². The van der Waals surface area contributed by atoms with Crippen LogP contribution in [0.4, 0.5) is 0 Å². The van der Waals surface area contributed by atoms with E-state index in [1.807, 2.05) is 34.9 Å². The normalized spacial score (nSPS) is 23.8. The van der Waals surface area contributed by atoms with Crippen LogP contribution in [0.15, 0.2) is 126 Å². The van der Waals surface area contributed by atoms with E-state index >= 15 is 0 Å². The van der Waals surface area contributed by atoms with Crippen LogP contribution in [0.3, 0.4) is 0 Å². The molecule has 52 heavy (non-hydrogen) atoms. The van der Waals surface area contributed by atoms with Crippen LogP contribution in [0.5, 0.6) is 0 Å². The second kappa shape index (κ2) is 19.9. The molecule has 3 aliphatic rings. The molecule has 1 saturated heterocycles. The van der Waals surface area contributed by atoms with E-state index in [0.717, 1.165) is 12.0 Å². The summed E-state index contributed by atoms with van der Waals surface area (Å²) < 4.78 is 1.92. The molecule has 0 N–H and O–H groups in total. The monoisotopic (exact) mass is 826 g/mol. The summed E-state index contributed by atoms with van der Waals surface area (Å²) in [5.74, 6) is 3.54. The molecular weight excluding hydrogens is 765 g/mol. The Morgan fingerprint density at radius 3 is 1.75 bits per heavy atom. The van der Waals surface area contributed by atoms with Crippen molar-refractivity contribution in [1.82, 2.24) is 9.80 Å². The van der Waals surface area contributed by atoms with Crippen molar-refractivity contribution in [3.8, 4) is 0 Å². The molecule has 5 atom stereocenters. The first-order valence-corrected chi connectivity index (χ1v) is 24.4. The molecule has 1 aliphatic heterocycles. The minimum absolute atomic E-state index is 0. The Hall–Kier alpha value is -2.29. The van der Waals surface area contributed by atoms with E-state index in [9.17, 15) is 0 Å². The van der Waals surface area contributed by atoms with Crippen molar-refractivity contribution in [3.05, 3.63) is 157 Å². The van der Waals surface area contributed by atoms with Gasteiger partial charge in [-0.3, -0.25) is 0 Å². The SMILES string of the molecule is CC(C)C1=CCC(C(C)C)C(N2[CH-]N([C@@H]3CC(C(C)C)CC=C3C(C)C)[C@H](c3ccccc3)[C@H]2c2ccccc2)=C1.[CH3-].[Cl][Ru]([Cl])=[CH]c1ccccc1. The van der Waals surface area contributed by atoms with E-state index in [-0.39, 0.29) is 19.5 Å². The molecule has 3 aromatic carbocycles. The van der Waals surface area contributed by atoms with E-state index < -0.39 is 13.5 Å². The average molecular weight is 827 g/mol. The summed E-state index contributed by atoms with van der Waals surface area (Å²) >= 11 is -1.61. The van der Waals surface area contributed by atoms with E-state index in [2.05, 4.69) is 151 Å². The van der Waals surface area contributed by atoms with E-state index in [4.69, 9.17) is 19.4 Å². The Bertz CT molecular complexity index is 1660. The standard InChI is InChI=1S/C39H53N2.C7H6.CH3.2ClH.Ru/c1-26(2)32-19-21-34(28(5)6)36(23-32)40-25-41(37-24-33(27(3)4)20-22-35(37)29(7)8)39(31-17-13-10-14-18-31)38(40)30-15-11-9-12-16-30;1-7-5-3-2-4-6-7;;;;/h9-19,22-23,25-29,33-34,37-39H,20-21,24H2,1-8H3;1-6H;1H3;2*1H;/q-1;;-1;;;+2/p-2/t33?,34?,37-,38-,39-;;;;;/m1...../s1. The van der Waals surface area contributed by atoms with Crippen LogP contribution >= 0.6 is 19.4 Å². The fraction of sp³-hybridized carbons (Fsp3) is 0.426. The zero-order valence-corrected chi connectivity index (χ0v) is 36.1. The van der Waals surface area contributed by atoms with Gasteiger partial charge in [0.1, 0.15) is 0 Å². The van der Waals surface area contributed by atoms with Gasteiger partial charge in [-0.05, 0) is 77.3 Å². The summed E-state index contributed by atoms with van der Waals surface area (Å²) in [6.07, 6.45) is 11.2. The van der Waals surface area contributed by atoms with Crippen molar-refractivity contribution in [1.29, 1.82) is 0 Å². The van der Waals surface area contributed by atoms with Crippen molar-refractivity contribution in [2.75, 3.05) is 0 Å². The molecule has 0 radical (unpaired) electrons. The summed E-state index contributed by atoms with van der Waals surface area (Å²) in [5, 5.41) is 0. The predicted molar refractivity (Wildman–Crippen MR) is 224 cm³/mol. The number of hydrogen-bond donors (Lipinski definition) is 0. The van der Waals surface area contributed by atoms with Crippen molar-refractivity contribution < 1.29 is 13.5 Å². The summed E-state index contributed by atoms with van der Waals surface area (Å²) in [6.45, 7) is 21.7. The van der Waals surface area contributed by atoms with E-state index in [1.54, 1.807) is 5.57 Å². The molecule has 0 saturated carbocycles. The quantitative estimate of drug-likeness (QED) is 0.120. The molecule has 0 spiro atoms. The van der Waals surface area contributed by atoms with Crippen molar-refractivity contribution in [3.63, 3.8) is 0 Å². The minimum atomic E-state index is -1.61. The molecule has 6 rings (SSSR count). The van der Waals surface area contributed by atoms with Gasteiger partial charge in [0.2, 0.25) is 0 Å². The fourth-order valence-electron chi connectivity index (χ4n) is 8.12. The number of rotatable bonds is 9. The second-order valence-corrected chi connectivity index (χ2v) is 21.5. The third kappa shape index (κ3) is 10.5. The maximum absolute atomic E-state index is 5.67. The third-order valence-corrected chi connectivity index (χ3v) is 12.9. The van der Waals surface area contributed by atoms with Gasteiger partial charge in [-0.25, -0.2) is 0 Å². The molecule has 2 aliphatic carbocycles.